The first-order valence-electron chi connectivity index (χ1n) is 7.20. The highest BCUT2D eigenvalue weighted by Gasteiger charge is 2.32. The zero-order valence-corrected chi connectivity index (χ0v) is 12.3. The predicted octanol–water partition coefficient (Wildman–Crippen LogP) is 4.80. The van der Waals surface area contributed by atoms with E-state index in [9.17, 15) is 4.79 Å². The van der Waals surface area contributed by atoms with Gasteiger partial charge < -0.3 is 0 Å². The van der Waals surface area contributed by atoms with Crippen molar-refractivity contribution in [1.29, 1.82) is 0 Å². The molecule has 0 bridgehead atoms. The van der Waals surface area contributed by atoms with Crippen LogP contribution < -0.4 is 0 Å². The summed E-state index contributed by atoms with van der Waals surface area (Å²) in [5.41, 5.74) is 4.90. The third-order valence-corrected chi connectivity index (χ3v) is 4.19. The van der Waals surface area contributed by atoms with Gasteiger partial charge >= 0.3 is 0 Å². The van der Waals surface area contributed by atoms with E-state index >= 15 is 0 Å². The Labute approximate surface area is 120 Å². The zero-order chi connectivity index (χ0) is 14.3. The summed E-state index contributed by atoms with van der Waals surface area (Å²) in [6.45, 7) is 6.01. The molecular weight excluding hydrogens is 244 g/mol. The Balaban J connectivity index is 2.06. The second kappa shape index (κ2) is 4.59. The number of fused-ring (bicyclic) bond motifs is 3. The number of hydrogen-bond acceptors (Lipinski definition) is 1. The van der Waals surface area contributed by atoms with Crippen molar-refractivity contribution in [3.63, 3.8) is 0 Å². The largest absolute Gasteiger partial charge is 0.299 e. The minimum absolute atomic E-state index is 0.217. The Hall–Kier alpha value is -1.89. The van der Waals surface area contributed by atoms with E-state index in [4.69, 9.17) is 0 Å². The smallest absolute Gasteiger partial charge is 0.139 e. The van der Waals surface area contributed by atoms with Crippen LogP contribution >= 0.6 is 0 Å². The Morgan fingerprint density at radius 3 is 1.80 bits per heavy atom. The lowest BCUT2D eigenvalue weighted by molar-refractivity contribution is -0.126. The van der Waals surface area contributed by atoms with Gasteiger partial charge in [-0.1, -0.05) is 69.3 Å². The second-order valence-electron chi connectivity index (χ2n) is 6.60. The fraction of sp³-hybridized carbons (Fsp3) is 0.316. The lowest BCUT2D eigenvalue weighted by atomic mass is 9.82. The Morgan fingerprint density at radius 1 is 0.900 bits per heavy atom. The van der Waals surface area contributed by atoms with Crippen molar-refractivity contribution in [2.45, 2.75) is 33.1 Å². The molecule has 0 aromatic heterocycles. The average Bonchev–Trinajstić information content (AvgIpc) is 2.73. The van der Waals surface area contributed by atoms with Crippen molar-refractivity contribution in [3.8, 4) is 11.1 Å². The van der Waals surface area contributed by atoms with Crippen molar-refractivity contribution in [3.05, 3.63) is 59.7 Å². The molecule has 0 saturated heterocycles. The van der Waals surface area contributed by atoms with E-state index in [-0.39, 0.29) is 11.3 Å². The van der Waals surface area contributed by atoms with Crippen molar-refractivity contribution in [1.82, 2.24) is 0 Å². The maximum atomic E-state index is 12.4. The quantitative estimate of drug-likeness (QED) is 0.761. The standard InChI is InChI=1S/C19H20O/c1-19(2,3)18(20)12-17-15-10-6-4-8-13(15)14-9-5-7-11-16(14)17/h4-11,17H,12H2,1-3H3. The van der Waals surface area contributed by atoms with Crippen molar-refractivity contribution in [2.24, 2.45) is 5.41 Å². The summed E-state index contributed by atoms with van der Waals surface area (Å²) in [5, 5.41) is 0. The molecule has 0 N–H and O–H groups in total. The molecule has 102 valence electrons. The lowest BCUT2D eigenvalue weighted by Gasteiger charge is -2.20. The number of carbonyl (C=O) groups is 1. The van der Waals surface area contributed by atoms with Gasteiger partial charge in [0.05, 0.1) is 0 Å². The van der Waals surface area contributed by atoms with Crippen LogP contribution in [-0.2, 0) is 4.79 Å². The van der Waals surface area contributed by atoms with Crippen LogP contribution in [0.5, 0.6) is 0 Å². The average molecular weight is 264 g/mol. The number of rotatable bonds is 2. The summed E-state index contributed by atoms with van der Waals surface area (Å²) in [4.78, 5) is 12.4. The number of ketones is 1. The van der Waals surface area contributed by atoms with Crippen molar-refractivity contribution >= 4 is 5.78 Å². The minimum atomic E-state index is -0.271. The van der Waals surface area contributed by atoms with Crippen LogP contribution in [0.25, 0.3) is 11.1 Å². The second-order valence-corrected chi connectivity index (χ2v) is 6.60. The van der Waals surface area contributed by atoms with Crippen LogP contribution in [0.1, 0.15) is 44.2 Å². The highest BCUT2D eigenvalue weighted by molar-refractivity contribution is 5.88. The third-order valence-electron chi connectivity index (χ3n) is 4.19. The van der Waals surface area contributed by atoms with Gasteiger partial charge in [-0.25, -0.2) is 0 Å². The highest BCUT2D eigenvalue weighted by Crippen LogP contribution is 2.46. The van der Waals surface area contributed by atoms with E-state index in [2.05, 4.69) is 48.5 Å². The van der Waals surface area contributed by atoms with Crippen LogP contribution in [0.2, 0.25) is 0 Å². The number of Topliss-reactive ketones (excluding diaryl/α,β-unsaturated/α-hetero) is 1. The molecule has 2 aromatic carbocycles. The summed E-state index contributed by atoms with van der Waals surface area (Å²) in [6.07, 6.45) is 0.595. The van der Waals surface area contributed by atoms with E-state index in [1.54, 1.807) is 0 Å². The topological polar surface area (TPSA) is 17.1 Å². The lowest BCUT2D eigenvalue weighted by Crippen LogP contribution is -2.22. The van der Waals surface area contributed by atoms with Gasteiger partial charge in [-0.15, -0.1) is 0 Å². The Morgan fingerprint density at radius 2 is 1.35 bits per heavy atom. The minimum Gasteiger partial charge on any atom is -0.299 e. The van der Waals surface area contributed by atoms with Gasteiger partial charge in [0.15, 0.2) is 0 Å². The normalized spacial score (nSPS) is 13.9. The van der Waals surface area contributed by atoms with Crippen molar-refractivity contribution < 1.29 is 4.79 Å². The molecule has 0 unspecified atom stereocenters. The van der Waals surface area contributed by atoms with Crippen molar-refractivity contribution in [2.75, 3.05) is 0 Å². The molecule has 0 amide bonds. The SMILES string of the molecule is CC(C)(C)C(=O)CC1c2ccccc2-c2ccccc21. The predicted molar refractivity (Wildman–Crippen MR) is 82.8 cm³/mol. The van der Waals surface area contributed by atoms with Gasteiger partial charge in [0, 0.05) is 17.8 Å². The maximum Gasteiger partial charge on any atom is 0.139 e. The monoisotopic (exact) mass is 264 g/mol. The molecule has 1 aliphatic rings. The van der Waals surface area contributed by atoms with Gasteiger partial charge in [0.2, 0.25) is 0 Å². The van der Waals surface area contributed by atoms with Gasteiger partial charge in [-0.2, -0.15) is 0 Å². The molecule has 2 aromatic rings. The van der Waals surface area contributed by atoms with Gasteiger partial charge in [0.25, 0.3) is 0 Å². The molecule has 0 heterocycles. The summed E-state index contributed by atoms with van der Waals surface area (Å²) in [5.74, 6) is 0.545. The van der Waals surface area contributed by atoms with Crippen LogP contribution in [0.15, 0.2) is 48.5 Å². The van der Waals surface area contributed by atoms with E-state index in [0.29, 0.717) is 12.2 Å². The molecule has 1 heteroatoms. The number of benzene rings is 2. The first-order valence-corrected chi connectivity index (χ1v) is 7.20. The highest BCUT2D eigenvalue weighted by atomic mass is 16.1. The molecule has 0 atom stereocenters. The van der Waals surface area contributed by atoms with Crippen LogP contribution in [0.3, 0.4) is 0 Å². The first-order chi connectivity index (χ1) is 9.48. The molecule has 3 rings (SSSR count). The summed E-state index contributed by atoms with van der Waals surface area (Å²) in [7, 11) is 0. The summed E-state index contributed by atoms with van der Waals surface area (Å²) < 4.78 is 0. The fourth-order valence-electron chi connectivity index (χ4n) is 2.97. The zero-order valence-electron chi connectivity index (χ0n) is 12.3. The van der Waals surface area contributed by atoms with Crippen LogP contribution in [-0.4, -0.2) is 5.78 Å². The van der Waals surface area contributed by atoms with Gasteiger partial charge in [0.1, 0.15) is 5.78 Å². The molecule has 0 radical (unpaired) electrons. The molecule has 0 spiro atoms. The molecule has 1 aliphatic carbocycles. The number of hydrogen-bond donors (Lipinski definition) is 0. The Kier molecular flexibility index (Phi) is 3.01. The molecule has 0 saturated carbocycles. The summed E-state index contributed by atoms with van der Waals surface area (Å²) >= 11 is 0. The third kappa shape index (κ3) is 2.07. The van der Waals surface area contributed by atoms with E-state index in [0.717, 1.165) is 0 Å². The molecular formula is C19H20O. The first kappa shape index (κ1) is 13.1. The van der Waals surface area contributed by atoms with E-state index < -0.39 is 0 Å². The fourth-order valence-corrected chi connectivity index (χ4v) is 2.97. The number of carbonyl (C=O) groups excluding carboxylic acids is 1. The molecule has 0 aliphatic heterocycles. The van der Waals surface area contributed by atoms with Crippen LogP contribution in [0.4, 0.5) is 0 Å². The molecule has 1 nitrogen and oxygen atoms in total. The summed E-state index contributed by atoms with van der Waals surface area (Å²) in [6, 6.07) is 16.9. The van der Waals surface area contributed by atoms with Gasteiger partial charge in [-0.3, -0.25) is 4.79 Å². The molecule has 20 heavy (non-hydrogen) atoms. The molecule has 0 fully saturated rings. The van der Waals surface area contributed by atoms with E-state index in [1.807, 2.05) is 20.8 Å². The Bertz CT molecular complexity index is 616. The van der Waals surface area contributed by atoms with Gasteiger partial charge in [-0.05, 0) is 22.3 Å². The van der Waals surface area contributed by atoms with E-state index in [1.165, 1.54) is 22.3 Å². The van der Waals surface area contributed by atoms with Crippen LogP contribution in [0, 0.1) is 5.41 Å². The maximum absolute atomic E-state index is 12.4.